The van der Waals surface area contributed by atoms with Gasteiger partial charge in [0.1, 0.15) is 5.60 Å². The largest absolute Gasteiger partial charge is 0.393 e. The van der Waals surface area contributed by atoms with Gasteiger partial charge in [-0.1, -0.05) is 50.0 Å². The highest BCUT2D eigenvalue weighted by molar-refractivity contribution is 5.39. The predicted molar refractivity (Wildman–Crippen MR) is 126 cm³/mol. The van der Waals surface area contributed by atoms with E-state index >= 15 is 0 Å². The summed E-state index contributed by atoms with van der Waals surface area (Å²) < 4.78 is 0. The van der Waals surface area contributed by atoms with Gasteiger partial charge in [0.25, 0.3) is 0 Å². The molecule has 3 nitrogen and oxygen atoms in total. The first-order valence-electron chi connectivity index (χ1n) is 11.7. The van der Waals surface area contributed by atoms with Crippen molar-refractivity contribution < 1.29 is 15.3 Å². The first-order chi connectivity index (χ1) is 14.5. The van der Waals surface area contributed by atoms with Gasteiger partial charge < -0.3 is 15.3 Å². The summed E-state index contributed by atoms with van der Waals surface area (Å²) in [5.41, 5.74) is 2.46. The van der Waals surface area contributed by atoms with Crippen LogP contribution < -0.4 is 0 Å². The van der Waals surface area contributed by atoms with Crippen LogP contribution in [0.25, 0.3) is 0 Å². The smallest absolute Gasteiger partial charge is 0.120 e. The average molecular weight is 423 g/mol. The van der Waals surface area contributed by atoms with E-state index in [4.69, 9.17) is 0 Å². The van der Waals surface area contributed by atoms with E-state index in [1.807, 2.05) is 0 Å². The minimum atomic E-state index is -1.00. The Labute approximate surface area is 188 Å². The normalized spacial score (nSPS) is 36.9. The Morgan fingerprint density at radius 2 is 1.94 bits per heavy atom. The Morgan fingerprint density at radius 3 is 2.65 bits per heavy atom. The molecule has 31 heavy (non-hydrogen) atoms. The minimum Gasteiger partial charge on any atom is -0.393 e. The molecule has 168 valence electrons. The first-order valence-corrected chi connectivity index (χ1v) is 11.7. The van der Waals surface area contributed by atoms with E-state index in [1.54, 1.807) is 13.8 Å². The SMILES string of the molecule is C=C1/C(=C\C=C2/CCC[C@]3(C)[C@@H]([C@H](C)C#CC#CC(C)(C)O)CC[C@@H]23)C[C@@H](O)C[C@@H]1O. The lowest BCUT2D eigenvalue weighted by molar-refractivity contribution is 0.0862. The molecule has 0 aromatic carbocycles. The van der Waals surface area contributed by atoms with E-state index in [1.165, 1.54) is 31.3 Å². The summed E-state index contributed by atoms with van der Waals surface area (Å²) >= 11 is 0. The van der Waals surface area contributed by atoms with Crippen LogP contribution in [0.5, 0.6) is 0 Å². The summed E-state index contributed by atoms with van der Waals surface area (Å²) in [7, 11) is 0. The third-order valence-electron chi connectivity index (χ3n) is 7.64. The molecule has 0 amide bonds. The van der Waals surface area contributed by atoms with Crippen molar-refractivity contribution in [1.29, 1.82) is 0 Å². The molecule has 3 rings (SSSR count). The molecule has 0 radical (unpaired) electrons. The van der Waals surface area contributed by atoms with Gasteiger partial charge in [-0.25, -0.2) is 0 Å². The lowest BCUT2D eigenvalue weighted by Gasteiger charge is -2.43. The molecule has 3 fully saturated rings. The van der Waals surface area contributed by atoms with Crippen molar-refractivity contribution in [2.75, 3.05) is 0 Å². The van der Waals surface area contributed by atoms with Crippen molar-refractivity contribution in [3.63, 3.8) is 0 Å². The fourth-order valence-electron chi connectivity index (χ4n) is 6.00. The maximum Gasteiger partial charge on any atom is 0.120 e. The lowest BCUT2D eigenvalue weighted by Crippen LogP contribution is -2.35. The monoisotopic (exact) mass is 422 g/mol. The molecule has 0 aromatic rings. The lowest BCUT2D eigenvalue weighted by atomic mass is 9.61. The molecular formula is C28H38O3. The fourth-order valence-corrected chi connectivity index (χ4v) is 6.00. The van der Waals surface area contributed by atoms with Crippen LogP contribution in [-0.4, -0.2) is 33.1 Å². The second-order valence-corrected chi connectivity index (χ2v) is 10.5. The van der Waals surface area contributed by atoms with Gasteiger partial charge >= 0.3 is 0 Å². The summed E-state index contributed by atoms with van der Waals surface area (Å²) in [4.78, 5) is 0. The van der Waals surface area contributed by atoms with Gasteiger partial charge in [0.15, 0.2) is 0 Å². The summed E-state index contributed by atoms with van der Waals surface area (Å²) in [6.07, 6.45) is 10.1. The molecule has 3 aliphatic rings. The van der Waals surface area contributed by atoms with Gasteiger partial charge in [0.2, 0.25) is 0 Å². The van der Waals surface area contributed by atoms with Gasteiger partial charge in [-0.2, -0.15) is 0 Å². The highest BCUT2D eigenvalue weighted by atomic mass is 16.3. The van der Waals surface area contributed by atoms with Gasteiger partial charge in [-0.3, -0.25) is 0 Å². The molecule has 0 unspecified atom stereocenters. The zero-order valence-corrected chi connectivity index (χ0v) is 19.5. The van der Waals surface area contributed by atoms with Crippen LogP contribution in [0.15, 0.2) is 35.5 Å². The fraction of sp³-hybridized carbons (Fsp3) is 0.643. The van der Waals surface area contributed by atoms with Crippen molar-refractivity contribution in [3.8, 4) is 23.7 Å². The van der Waals surface area contributed by atoms with Crippen LogP contribution in [-0.2, 0) is 0 Å². The second kappa shape index (κ2) is 9.38. The molecule has 3 N–H and O–H groups in total. The predicted octanol–water partition coefficient (Wildman–Crippen LogP) is 4.54. The number of rotatable bonds is 2. The molecule has 0 saturated heterocycles. The molecular weight excluding hydrogens is 384 g/mol. The zero-order valence-electron chi connectivity index (χ0n) is 19.5. The van der Waals surface area contributed by atoms with E-state index in [0.29, 0.717) is 24.7 Å². The number of allylic oxidation sites excluding steroid dienone is 3. The van der Waals surface area contributed by atoms with Gasteiger partial charge in [0, 0.05) is 12.3 Å². The van der Waals surface area contributed by atoms with Gasteiger partial charge in [-0.05, 0) is 92.6 Å². The molecule has 0 aliphatic heterocycles. The maximum absolute atomic E-state index is 10.1. The standard InChI is InChI=1S/C28H38O3/c1-19(9-6-7-15-27(3,4)31)24-13-14-25-21(10-8-16-28(24,25)5)11-12-22-17-23(29)18-26(30)20(22)2/h11-12,19,23-26,29-31H,2,8,10,13-14,16-18H2,1,3-5H3/b21-11+,22-12-/t19-,23-,24-,25+,26+,28-/m1/s1. The van der Waals surface area contributed by atoms with Crippen LogP contribution in [0.3, 0.4) is 0 Å². The van der Waals surface area contributed by atoms with Crippen molar-refractivity contribution in [2.45, 2.75) is 90.4 Å². The van der Waals surface area contributed by atoms with Gasteiger partial charge in [-0.15, -0.1) is 0 Å². The van der Waals surface area contributed by atoms with Crippen molar-refractivity contribution >= 4 is 0 Å². The third-order valence-corrected chi connectivity index (χ3v) is 7.64. The molecule has 0 bridgehead atoms. The Bertz CT molecular complexity index is 879. The Kier molecular flexibility index (Phi) is 7.22. The van der Waals surface area contributed by atoms with Crippen LogP contribution in [0.1, 0.15) is 72.6 Å². The minimum absolute atomic E-state index is 0.239. The molecule has 0 heterocycles. The second-order valence-electron chi connectivity index (χ2n) is 10.5. The van der Waals surface area contributed by atoms with Crippen LogP contribution in [0.4, 0.5) is 0 Å². The van der Waals surface area contributed by atoms with Crippen molar-refractivity contribution in [2.24, 2.45) is 23.2 Å². The average Bonchev–Trinajstić information content (AvgIpc) is 3.03. The topological polar surface area (TPSA) is 60.7 Å². The molecule has 0 aromatic heterocycles. The van der Waals surface area contributed by atoms with Crippen LogP contribution in [0.2, 0.25) is 0 Å². The highest BCUT2D eigenvalue weighted by Crippen LogP contribution is 2.59. The third kappa shape index (κ3) is 5.53. The van der Waals surface area contributed by atoms with E-state index in [-0.39, 0.29) is 11.3 Å². The number of hydrogen-bond donors (Lipinski definition) is 3. The van der Waals surface area contributed by atoms with E-state index in [9.17, 15) is 15.3 Å². The molecule has 6 atom stereocenters. The molecule has 0 spiro atoms. The summed E-state index contributed by atoms with van der Waals surface area (Å²) in [6.45, 7) is 12.0. The summed E-state index contributed by atoms with van der Waals surface area (Å²) in [5, 5.41) is 29.9. The number of aliphatic hydroxyl groups is 3. The Morgan fingerprint density at radius 1 is 1.19 bits per heavy atom. The van der Waals surface area contributed by atoms with E-state index < -0.39 is 17.8 Å². The summed E-state index contributed by atoms with van der Waals surface area (Å²) in [5.74, 6) is 13.3. The molecule has 3 aliphatic carbocycles. The number of aliphatic hydroxyl groups excluding tert-OH is 2. The van der Waals surface area contributed by atoms with Crippen molar-refractivity contribution in [3.05, 3.63) is 35.5 Å². The molecule has 3 heteroatoms. The Hall–Kier alpha value is -1.78. The van der Waals surface area contributed by atoms with E-state index in [0.717, 1.165) is 17.6 Å². The maximum atomic E-state index is 10.1. The van der Waals surface area contributed by atoms with E-state index in [2.05, 4.69) is 56.3 Å². The number of hydrogen-bond acceptors (Lipinski definition) is 3. The highest BCUT2D eigenvalue weighted by Gasteiger charge is 2.50. The van der Waals surface area contributed by atoms with Gasteiger partial charge in [0.05, 0.1) is 12.2 Å². The van der Waals surface area contributed by atoms with Crippen molar-refractivity contribution in [1.82, 2.24) is 0 Å². The zero-order chi connectivity index (χ0) is 22.8. The number of fused-ring (bicyclic) bond motifs is 1. The molecule has 3 saturated carbocycles. The first kappa shape index (κ1) is 23.9. The van der Waals surface area contributed by atoms with Crippen LogP contribution >= 0.6 is 0 Å². The van der Waals surface area contributed by atoms with Crippen LogP contribution in [0, 0.1) is 46.9 Å². The quantitative estimate of drug-likeness (QED) is 0.573. The summed E-state index contributed by atoms with van der Waals surface area (Å²) in [6, 6.07) is 0. The Balaban J connectivity index is 1.77.